The van der Waals surface area contributed by atoms with Gasteiger partial charge in [-0.3, -0.25) is 0 Å². The summed E-state index contributed by atoms with van der Waals surface area (Å²) in [5.41, 5.74) is 6.71. The minimum atomic E-state index is -2.64. The highest BCUT2D eigenvalue weighted by atomic mass is 29.8. The summed E-state index contributed by atoms with van der Waals surface area (Å²) in [5, 5.41) is 0. The van der Waals surface area contributed by atoms with E-state index in [-0.39, 0.29) is 21.7 Å². The molecule has 46 heavy (non-hydrogen) atoms. The Bertz CT molecular complexity index is 1200. The molecule has 8 heteroatoms. The van der Waals surface area contributed by atoms with Crippen molar-refractivity contribution >= 4 is 52.8 Å². The highest BCUT2D eigenvalue weighted by Crippen LogP contribution is 2.60. The maximum Gasteiger partial charge on any atom is 0.276 e. The summed E-state index contributed by atoms with van der Waals surface area (Å²) in [6.07, 6.45) is 0. The third-order valence-corrected chi connectivity index (χ3v) is 63.4. The molecule has 4 nitrogen and oxygen atoms in total. The van der Waals surface area contributed by atoms with Gasteiger partial charge in [0.1, 0.15) is 0 Å². The molecule has 2 aromatic carbocycles. The Labute approximate surface area is 288 Å². The number of anilines is 4. The first-order valence-electron chi connectivity index (χ1n) is 17.9. The van der Waals surface area contributed by atoms with E-state index in [1.807, 2.05) is 0 Å². The maximum absolute atomic E-state index is 3.20. The average molecular weight is 695 g/mol. The largest absolute Gasteiger partial charge is 0.381 e. The van der Waals surface area contributed by atoms with Crippen LogP contribution in [0.3, 0.4) is 0 Å². The van der Waals surface area contributed by atoms with Crippen LogP contribution < -0.4 is 18.3 Å². The van der Waals surface area contributed by atoms with Crippen molar-refractivity contribution in [2.75, 3.05) is 44.4 Å². The van der Waals surface area contributed by atoms with Crippen molar-refractivity contribution in [2.24, 2.45) is 21.7 Å². The van der Waals surface area contributed by atoms with Crippen LogP contribution in [0.1, 0.15) is 83.1 Å². The molecule has 2 aliphatic rings. The molecule has 0 unspecified atom stereocenters. The van der Waals surface area contributed by atoms with E-state index in [1.165, 1.54) is 22.7 Å². The molecule has 2 aromatic rings. The van der Waals surface area contributed by atoms with Crippen LogP contribution >= 0.6 is 0 Å². The number of fused-ring (bicyclic) bond motifs is 2. The minimum Gasteiger partial charge on any atom is -0.381 e. The number of benzene rings is 2. The monoisotopic (exact) mass is 694 g/mol. The molecular weight excluding hydrogens is 625 g/mol. The molecule has 0 fully saturated rings. The van der Waals surface area contributed by atoms with Gasteiger partial charge < -0.3 is 18.3 Å². The molecule has 0 amide bonds. The van der Waals surface area contributed by atoms with E-state index < -0.39 is 30.0 Å². The summed E-state index contributed by atoms with van der Waals surface area (Å²) >= 11 is 0. The Hall–Kier alpha value is -1.49. The molecule has 258 valence electrons. The van der Waals surface area contributed by atoms with Gasteiger partial charge in [-0.05, 0) is 45.9 Å². The Kier molecular flexibility index (Phi) is 9.37. The van der Waals surface area contributed by atoms with Crippen molar-refractivity contribution in [3.63, 3.8) is 0 Å². The molecule has 4 rings (SSSR count). The molecule has 0 radical (unpaired) electrons. The summed E-state index contributed by atoms with van der Waals surface area (Å²) in [7, 11) is -9.30. The normalized spacial score (nSPS) is 18.7. The molecule has 2 heterocycles. The summed E-state index contributed by atoms with van der Waals surface area (Å²) in [6, 6.07) is 19.3. The van der Waals surface area contributed by atoms with Crippen LogP contribution in [0.15, 0.2) is 48.5 Å². The molecule has 0 saturated carbocycles. The van der Waals surface area contributed by atoms with Gasteiger partial charge in [-0.2, -0.15) is 0 Å². The fourth-order valence-corrected chi connectivity index (χ4v) is 90.6. The second kappa shape index (κ2) is 11.5. The first-order valence-corrected chi connectivity index (χ1v) is 31.7. The van der Waals surface area contributed by atoms with Gasteiger partial charge in [-0.1, -0.05) is 147 Å². The van der Waals surface area contributed by atoms with E-state index in [9.17, 15) is 0 Å². The quantitative estimate of drug-likeness (QED) is 0.268. The molecular formula is C38H70N4Si4. The second-order valence-electron chi connectivity index (χ2n) is 21.4. The lowest BCUT2D eigenvalue weighted by Gasteiger charge is -2.68. The lowest BCUT2D eigenvalue weighted by atomic mass is 9.96. The molecule has 0 aromatic heterocycles. The van der Waals surface area contributed by atoms with Crippen LogP contribution in [0.5, 0.6) is 0 Å². The van der Waals surface area contributed by atoms with Crippen molar-refractivity contribution in [1.29, 1.82) is 0 Å². The van der Waals surface area contributed by atoms with Crippen molar-refractivity contribution in [3.05, 3.63) is 48.5 Å². The Balaban J connectivity index is 2.36. The number of hydrogen-bond donors (Lipinski definition) is 0. The minimum absolute atomic E-state index is 0.160. The molecule has 0 aliphatic carbocycles. The molecule has 0 bridgehead atoms. The van der Waals surface area contributed by atoms with Gasteiger partial charge in [-0.15, -0.1) is 0 Å². The number of nitrogens with zero attached hydrogens (tertiary/aromatic N) is 4. The Morgan fingerprint density at radius 2 is 0.565 bits per heavy atom. The van der Waals surface area contributed by atoms with E-state index >= 15 is 0 Å². The Morgan fingerprint density at radius 1 is 0.391 bits per heavy atom. The summed E-state index contributed by atoms with van der Waals surface area (Å²) in [5.74, 6) is 0. The summed E-state index contributed by atoms with van der Waals surface area (Å²) in [4.78, 5) is 0. The van der Waals surface area contributed by atoms with Gasteiger partial charge in [0.2, 0.25) is 0 Å². The first kappa shape index (κ1) is 37.3. The fraction of sp³-hybridized carbons (Fsp3) is 0.684. The van der Waals surface area contributed by atoms with Gasteiger partial charge >= 0.3 is 0 Å². The summed E-state index contributed by atoms with van der Waals surface area (Å²) < 4.78 is 12.8. The lowest BCUT2D eigenvalue weighted by Crippen LogP contribution is -3.02. The van der Waals surface area contributed by atoms with Crippen LogP contribution in [0.25, 0.3) is 0 Å². The molecule has 2 aliphatic heterocycles. The Morgan fingerprint density at radius 3 is 0.696 bits per heavy atom. The SMILES string of the molecule is CC(C)(C)CN1c2ccccc2N(CC(C)(C)C)[Si]1([Si](C)(C)C)[Si]1([Si](C)(C)C)N(CC(C)(C)C)c2ccccc2N1CC(C)(C)C. The zero-order chi connectivity index (χ0) is 35.1. The van der Waals surface area contributed by atoms with E-state index in [0.717, 1.165) is 26.2 Å². The number of rotatable bonds is 7. The van der Waals surface area contributed by atoms with Crippen LogP contribution in [0.2, 0.25) is 39.3 Å². The topological polar surface area (TPSA) is 13.0 Å². The third kappa shape index (κ3) is 6.34. The fourth-order valence-electron chi connectivity index (χ4n) is 8.94. The van der Waals surface area contributed by atoms with Gasteiger partial charge in [-0.25, -0.2) is 0 Å². The first-order chi connectivity index (χ1) is 20.6. The lowest BCUT2D eigenvalue weighted by molar-refractivity contribution is 0.419. The molecule has 0 N–H and O–H groups in total. The third-order valence-electron chi connectivity index (χ3n) is 9.60. The van der Waals surface area contributed by atoms with Gasteiger partial charge in [0.15, 0.2) is 0 Å². The van der Waals surface area contributed by atoms with Crippen LogP contribution in [0, 0.1) is 21.7 Å². The standard InChI is InChI=1S/C38H70N4Si4/c1-35(2,3)27-39-31-23-19-20-24-32(31)40(28-36(4,5)6)45(39,43(13,14)15)46(44(16,17)18)41(29-37(7,8)9)33-25-21-22-26-34(33)42(46)30-38(10,11)12/h19-26H,27-30H2,1-18H3. The van der Waals surface area contributed by atoms with Gasteiger partial charge in [0, 0.05) is 26.2 Å². The average Bonchev–Trinajstić information content (AvgIpc) is 3.23. The van der Waals surface area contributed by atoms with E-state index in [1.54, 1.807) is 0 Å². The van der Waals surface area contributed by atoms with Crippen molar-refractivity contribution in [2.45, 2.75) is 122 Å². The van der Waals surface area contributed by atoms with Crippen molar-refractivity contribution in [1.82, 2.24) is 0 Å². The summed E-state index contributed by atoms with van der Waals surface area (Å²) in [6.45, 7) is 50.9. The predicted molar refractivity (Wildman–Crippen MR) is 218 cm³/mol. The van der Waals surface area contributed by atoms with Crippen molar-refractivity contribution in [3.8, 4) is 0 Å². The smallest absolute Gasteiger partial charge is 0.276 e. The van der Waals surface area contributed by atoms with Gasteiger partial charge in [0.05, 0.1) is 37.9 Å². The highest BCUT2D eigenvalue weighted by molar-refractivity contribution is 7.86. The van der Waals surface area contributed by atoms with E-state index in [2.05, 4.69) is 189 Å². The zero-order valence-electron chi connectivity index (χ0n) is 33.2. The maximum atomic E-state index is 3.20. The zero-order valence-corrected chi connectivity index (χ0v) is 37.2. The number of para-hydroxylation sites is 4. The molecule has 0 atom stereocenters. The van der Waals surface area contributed by atoms with Crippen LogP contribution in [-0.2, 0) is 0 Å². The molecule has 0 spiro atoms. The number of hydrogen-bond acceptors (Lipinski definition) is 4. The van der Waals surface area contributed by atoms with Gasteiger partial charge in [0.25, 0.3) is 14.9 Å². The van der Waals surface area contributed by atoms with Crippen LogP contribution in [0.4, 0.5) is 22.7 Å². The second-order valence-corrected chi connectivity index (χ2v) is 55.6. The highest BCUT2D eigenvalue weighted by Gasteiger charge is 2.83. The van der Waals surface area contributed by atoms with E-state index in [4.69, 9.17) is 0 Å². The predicted octanol–water partition coefficient (Wildman–Crippen LogP) is 10.6. The van der Waals surface area contributed by atoms with E-state index in [0.29, 0.717) is 0 Å². The van der Waals surface area contributed by atoms with Crippen molar-refractivity contribution < 1.29 is 0 Å². The van der Waals surface area contributed by atoms with Crippen LogP contribution in [-0.4, -0.2) is 56.2 Å². The molecule has 0 saturated heterocycles.